The first-order valence-electron chi connectivity index (χ1n) is 5.66. The maximum absolute atomic E-state index is 8.65. The van der Waals surface area contributed by atoms with Crippen LogP contribution in [0.1, 0.15) is 20.3 Å². The SMILES string of the molecule is CCNc1nc(OCC)nc(OCCCO)n1. The van der Waals surface area contributed by atoms with Crippen LogP contribution in [0.3, 0.4) is 0 Å². The van der Waals surface area contributed by atoms with E-state index in [1.54, 1.807) is 0 Å². The van der Waals surface area contributed by atoms with E-state index in [1.165, 1.54) is 0 Å². The van der Waals surface area contributed by atoms with Gasteiger partial charge in [-0.3, -0.25) is 0 Å². The molecule has 1 heterocycles. The summed E-state index contributed by atoms with van der Waals surface area (Å²) in [5.41, 5.74) is 0. The molecule has 0 spiro atoms. The van der Waals surface area contributed by atoms with E-state index in [0.29, 0.717) is 32.1 Å². The highest BCUT2D eigenvalue weighted by Crippen LogP contribution is 2.12. The number of nitrogens with zero attached hydrogens (tertiary/aromatic N) is 3. The summed E-state index contributed by atoms with van der Waals surface area (Å²) in [5, 5.41) is 11.6. The molecule has 0 fully saturated rings. The molecule has 1 aromatic rings. The van der Waals surface area contributed by atoms with E-state index in [2.05, 4.69) is 20.3 Å². The van der Waals surface area contributed by atoms with E-state index in [4.69, 9.17) is 14.6 Å². The molecule has 0 saturated carbocycles. The monoisotopic (exact) mass is 242 g/mol. The third-order valence-corrected chi connectivity index (χ3v) is 1.74. The van der Waals surface area contributed by atoms with Crippen molar-refractivity contribution >= 4 is 5.95 Å². The zero-order valence-electron chi connectivity index (χ0n) is 10.1. The molecule has 0 aromatic carbocycles. The lowest BCUT2D eigenvalue weighted by Gasteiger charge is -2.08. The Morgan fingerprint density at radius 3 is 2.41 bits per heavy atom. The Hall–Kier alpha value is -1.63. The summed E-state index contributed by atoms with van der Waals surface area (Å²) in [6.07, 6.45) is 0.534. The van der Waals surface area contributed by atoms with Crippen LogP contribution in [-0.2, 0) is 0 Å². The molecular weight excluding hydrogens is 224 g/mol. The van der Waals surface area contributed by atoms with Gasteiger partial charge in [-0.15, -0.1) is 4.98 Å². The van der Waals surface area contributed by atoms with E-state index in [9.17, 15) is 0 Å². The number of ether oxygens (including phenoxy) is 2. The molecule has 96 valence electrons. The van der Waals surface area contributed by atoms with Crippen LogP contribution in [0.15, 0.2) is 0 Å². The van der Waals surface area contributed by atoms with Gasteiger partial charge in [-0.05, 0) is 13.8 Å². The topological polar surface area (TPSA) is 89.4 Å². The molecule has 0 aliphatic rings. The molecule has 0 atom stereocenters. The molecule has 17 heavy (non-hydrogen) atoms. The molecule has 0 aliphatic heterocycles. The van der Waals surface area contributed by atoms with Gasteiger partial charge in [0.1, 0.15) is 0 Å². The first-order chi connectivity index (χ1) is 8.30. The Morgan fingerprint density at radius 2 is 1.82 bits per heavy atom. The molecule has 0 amide bonds. The molecule has 0 radical (unpaired) electrons. The van der Waals surface area contributed by atoms with Crippen LogP contribution in [0.25, 0.3) is 0 Å². The Morgan fingerprint density at radius 1 is 1.12 bits per heavy atom. The van der Waals surface area contributed by atoms with Crippen molar-refractivity contribution in [2.45, 2.75) is 20.3 Å². The highest BCUT2D eigenvalue weighted by Gasteiger charge is 2.07. The van der Waals surface area contributed by atoms with Crippen molar-refractivity contribution in [2.75, 3.05) is 31.7 Å². The van der Waals surface area contributed by atoms with Crippen LogP contribution in [0.2, 0.25) is 0 Å². The Kier molecular flexibility index (Phi) is 6.02. The average molecular weight is 242 g/mol. The molecule has 2 N–H and O–H groups in total. The molecule has 0 saturated heterocycles. The second-order valence-corrected chi connectivity index (χ2v) is 3.11. The van der Waals surface area contributed by atoms with Crippen molar-refractivity contribution in [2.24, 2.45) is 0 Å². The van der Waals surface area contributed by atoms with Crippen molar-refractivity contribution in [1.82, 2.24) is 15.0 Å². The lowest BCUT2D eigenvalue weighted by molar-refractivity contribution is 0.220. The summed E-state index contributed by atoms with van der Waals surface area (Å²) in [6.45, 7) is 5.40. The fourth-order valence-corrected chi connectivity index (χ4v) is 1.06. The maximum Gasteiger partial charge on any atom is 0.324 e. The van der Waals surface area contributed by atoms with Crippen molar-refractivity contribution in [3.8, 4) is 12.0 Å². The van der Waals surface area contributed by atoms with Crippen molar-refractivity contribution < 1.29 is 14.6 Å². The number of rotatable bonds is 8. The van der Waals surface area contributed by atoms with Gasteiger partial charge in [-0.1, -0.05) is 0 Å². The number of anilines is 1. The van der Waals surface area contributed by atoms with E-state index >= 15 is 0 Å². The van der Waals surface area contributed by atoms with Gasteiger partial charge in [0.15, 0.2) is 0 Å². The molecule has 0 bridgehead atoms. The number of hydrogen-bond acceptors (Lipinski definition) is 7. The molecule has 0 unspecified atom stereocenters. The zero-order valence-corrected chi connectivity index (χ0v) is 10.1. The Labute approximate surface area is 100 Å². The second-order valence-electron chi connectivity index (χ2n) is 3.11. The van der Waals surface area contributed by atoms with Gasteiger partial charge in [-0.2, -0.15) is 9.97 Å². The minimum Gasteiger partial charge on any atom is -0.464 e. The summed E-state index contributed by atoms with van der Waals surface area (Å²) >= 11 is 0. The van der Waals surface area contributed by atoms with Gasteiger partial charge in [0, 0.05) is 19.6 Å². The van der Waals surface area contributed by atoms with Crippen molar-refractivity contribution in [1.29, 1.82) is 0 Å². The molecular formula is C10H18N4O3. The van der Waals surface area contributed by atoms with E-state index < -0.39 is 0 Å². The molecule has 0 aliphatic carbocycles. The number of hydrogen-bond donors (Lipinski definition) is 2. The predicted molar refractivity (Wildman–Crippen MR) is 62.4 cm³/mol. The normalized spacial score (nSPS) is 10.1. The lowest BCUT2D eigenvalue weighted by Crippen LogP contribution is -2.09. The van der Waals surface area contributed by atoms with Gasteiger partial charge in [0.05, 0.1) is 13.2 Å². The summed E-state index contributed by atoms with van der Waals surface area (Å²) in [7, 11) is 0. The lowest BCUT2D eigenvalue weighted by atomic mass is 10.5. The number of aliphatic hydroxyl groups excluding tert-OH is 1. The summed E-state index contributed by atoms with van der Waals surface area (Å²) < 4.78 is 10.5. The second kappa shape index (κ2) is 7.61. The third-order valence-electron chi connectivity index (χ3n) is 1.74. The van der Waals surface area contributed by atoms with Crippen LogP contribution in [0.4, 0.5) is 5.95 Å². The van der Waals surface area contributed by atoms with Crippen molar-refractivity contribution in [3.63, 3.8) is 0 Å². The van der Waals surface area contributed by atoms with Gasteiger partial charge in [0.25, 0.3) is 0 Å². The van der Waals surface area contributed by atoms with Crippen LogP contribution in [0.5, 0.6) is 12.0 Å². The van der Waals surface area contributed by atoms with Crippen LogP contribution >= 0.6 is 0 Å². The highest BCUT2D eigenvalue weighted by atomic mass is 16.5. The molecule has 1 rings (SSSR count). The predicted octanol–water partition coefficient (Wildman–Crippen LogP) is 0.463. The van der Waals surface area contributed by atoms with Crippen molar-refractivity contribution in [3.05, 3.63) is 0 Å². The minimum absolute atomic E-state index is 0.0729. The highest BCUT2D eigenvalue weighted by molar-refractivity contribution is 5.27. The summed E-state index contributed by atoms with van der Waals surface area (Å²) in [5.74, 6) is 0.421. The summed E-state index contributed by atoms with van der Waals surface area (Å²) in [4.78, 5) is 12.1. The Bertz CT molecular complexity index is 311. The largest absolute Gasteiger partial charge is 0.464 e. The molecule has 7 heteroatoms. The van der Waals surface area contributed by atoms with E-state index in [1.807, 2.05) is 13.8 Å². The summed E-state index contributed by atoms with van der Waals surface area (Å²) in [6, 6.07) is 0.435. The van der Waals surface area contributed by atoms with E-state index in [0.717, 1.165) is 0 Å². The minimum atomic E-state index is 0.0729. The number of aromatic nitrogens is 3. The van der Waals surface area contributed by atoms with Gasteiger partial charge in [-0.25, -0.2) is 0 Å². The van der Waals surface area contributed by atoms with Crippen LogP contribution in [-0.4, -0.2) is 46.4 Å². The fraction of sp³-hybridized carbons (Fsp3) is 0.700. The Balaban J connectivity index is 2.72. The average Bonchev–Trinajstić information content (AvgIpc) is 2.30. The first-order valence-corrected chi connectivity index (χ1v) is 5.66. The standard InChI is InChI=1S/C10H18N4O3/c1-3-11-8-12-9(16-4-2)14-10(13-8)17-7-5-6-15/h15H,3-7H2,1-2H3,(H,11,12,13,14). The first kappa shape index (κ1) is 13.4. The fourth-order valence-electron chi connectivity index (χ4n) is 1.06. The third kappa shape index (κ3) is 4.81. The maximum atomic E-state index is 8.65. The smallest absolute Gasteiger partial charge is 0.324 e. The van der Waals surface area contributed by atoms with Crippen LogP contribution < -0.4 is 14.8 Å². The van der Waals surface area contributed by atoms with Gasteiger partial charge >= 0.3 is 12.0 Å². The van der Waals surface area contributed by atoms with Gasteiger partial charge < -0.3 is 19.9 Å². The number of nitrogens with one attached hydrogen (secondary N) is 1. The van der Waals surface area contributed by atoms with E-state index in [-0.39, 0.29) is 18.6 Å². The zero-order chi connectivity index (χ0) is 12.5. The number of aliphatic hydroxyl groups is 1. The van der Waals surface area contributed by atoms with Crippen LogP contribution in [0, 0.1) is 0 Å². The quantitative estimate of drug-likeness (QED) is 0.640. The van der Waals surface area contributed by atoms with Gasteiger partial charge in [0.2, 0.25) is 5.95 Å². The molecule has 7 nitrogen and oxygen atoms in total. The molecule has 1 aromatic heterocycles.